The molecule has 6 heteroatoms. The molecule has 2 saturated heterocycles. The molecule has 3 unspecified atom stereocenters. The van der Waals surface area contributed by atoms with Crippen LogP contribution in [-0.4, -0.2) is 71.3 Å². The van der Waals surface area contributed by atoms with Crippen LogP contribution in [0.25, 0.3) is 0 Å². The molecule has 6 nitrogen and oxygen atoms in total. The summed E-state index contributed by atoms with van der Waals surface area (Å²) in [5, 5.41) is 7.95. The van der Waals surface area contributed by atoms with E-state index in [4.69, 9.17) is 0 Å². The van der Waals surface area contributed by atoms with Crippen LogP contribution in [0.2, 0.25) is 0 Å². The lowest BCUT2D eigenvalue weighted by Gasteiger charge is -2.39. The molecule has 3 rings (SSSR count). The van der Waals surface area contributed by atoms with Gasteiger partial charge in [0.15, 0.2) is 0 Å². The van der Waals surface area contributed by atoms with Crippen molar-refractivity contribution in [2.45, 2.75) is 50.7 Å². The Hall–Kier alpha value is -1.40. The van der Waals surface area contributed by atoms with Crippen LogP contribution in [0.15, 0.2) is 12.3 Å². The number of likely N-dealkylation sites (tertiary alicyclic amines) is 1. The van der Waals surface area contributed by atoms with Gasteiger partial charge in [-0.1, -0.05) is 0 Å². The molecule has 2 aliphatic rings. The van der Waals surface area contributed by atoms with Crippen LogP contribution in [-0.2, 0) is 0 Å². The van der Waals surface area contributed by atoms with Crippen LogP contribution >= 0.6 is 0 Å². The predicted molar refractivity (Wildman–Crippen MR) is 90.6 cm³/mol. The van der Waals surface area contributed by atoms with Gasteiger partial charge in [-0.05, 0) is 52.3 Å². The van der Waals surface area contributed by atoms with E-state index in [1.54, 1.807) is 0 Å². The van der Waals surface area contributed by atoms with Gasteiger partial charge in [-0.15, -0.1) is 0 Å². The highest BCUT2D eigenvalue weighted by Crippen LogP contribution is 2.21. The number of nitrogens with zero attached hydrogens (tertiary/aromatic N) is 4. The predicted octanol–water partition coefficient (Wildman–Crippen LogP) is 1.36. The summed E-state index contributed by atoms with van der Waals surface area (Å²) < 4.78 is 1.96. The first kappa shape index (κ1) is 16.5. The SMILES string of the molecule is CC1CC(N(C)C(=O)c2ccn(C3CCCNC3)n2)CCN1C. The van der Waals surface area contributed by atoms with E-state index in [0.717, 1.165) is 38.9 Å². The Labute approximate surface area is 138 Å². The zero-order chi connectivity index (χ0) is 16.4. The van der Waals surface area contributed by atoms with Crippen LogP contribution in [0.3, 0.4) is 0 Å². The molecule has 1 aromatic heterocycles. The van der Waals surface area contributed by atoms with Crippen molar-refractivity contribution in [3.05, 3.63) is 18.0 Å². The molecule has 128 valence electrons. The van der Waals surface area contributed by atoms with Crippen LogP contribution in [0.1, 0.15) is 49.1 Å². The van der Waals surface area contributed by atoms with Gasteiger partial charge in [-0.25, -0.2) is 0 Å². The van der Waals surface area contributed by atoms with E-state index < -0.39 is 0 Å². The number of carbonyl (C=O) groups is 1. The maximum absolute atomic E-state index is 12.7. The Morgan fingerprint density at radius 3 is 2.96 bits per heavy atom. The first-order valence-corrected chi connectivity index (χ1v) is 8.79. The van der Waals surface area contributed by atoms with Crippen molar-refractivity contribution < 1.29 is 4.79 Å². The lowest BCUT2D eigenvalue weighted by Crippen LogP contribution is -2.48. The fourth-order valence-corrected chi connectivity index (χ4v) is 3.68. The first-order chi connectivity index (χ1) is 11.1. The van der Waals surface area contributed by atoms with Crippen molar-refractivity contribution in [2.24, 2.45) is 0 Å². The number of piperidine rings is 2. The van der Waals surface area contributed by atoms with Crippen LogP contribution in [0.5, 0.6) is 0 Å². The van der Waals surface area contributed by atoms with Crippen molar-refractivity contribution >= 4 is 5.91 Å². The molecule has 3 atom stereocenters. The highest BCUT2D eigenvalue weighted by atomic mass is 16.2. The molecule has 1 N–H and O–H groups in total. The molecule has 0 aliphatic carbocycles. The summed E-state index contributed by atoms with van der Waals surface area (Å²) in [6.45, 7) is 5.30. The number of nitrogens with one attached hydrogen (secondary N) is 1. The van der Waals surface area contributed by atoms with E-state index in [2.05, 4.69) is 29.3 Å². The standard InChI is InChI=1S/C17H29N5O/c1-13-11-14(6-9-20(13)2)21(3)17(23)16-7-10-22(19-16)15-5-4-8-18-12-15/h7,10,13-15,18H,4-6,8-9,11-12H2,1-3H3. The van der Waals surface area contributed by atoms with E-state index in [9.17, 15) is 4.79 Å². The Kier molecular flexibility index (Phi) is 5.02. The molecule has 2 fully saturated rings. The minimum absolute atomic E-state index is 0.0503. The van der Waals surface area contributed by atoms with Gasteiger partial charge in [0.1, 0.15) is 5.69 Å². The third-order valence-electron chi connectivity index (χ3n) is 5.52. The van der Waals surface area contributed by atoms with Crippen molar-refractivity contribution in [1.29, 1.82) is 0 Å². The second-order valence-electron chi connectivity index (χ2n) is 7.11. The summed E-state index contributed by atoms with van der Waals surface area (Å²) in [7, 11) is 4.08. The minimum Gasteiger partial charge on any atom is -0.337 e. The Bertz CT molecular complexity index is 537. The summed E-state index contributed by atoms with van der Waals surface area (Å²) in [5.74, 6) is 0.0503. The molecule has 3 heterocycles. The monoisotopic (exact) mass is 319 g/mol. The third-order valence-corrected chi connectivity index (χ3v) is 5.52. The van der Waals surface area contributed by atoms with Gasteiger partial charge in [-0.3, -0.25) is 9.48 Å². The van der Waals surface area contributed by atoms with Gasteiger partial charge in [0.05, 0.1) is 6.04 Å². The summed E-state index contributed by atoms with van der Waals surface area (Å²) in [4.78, 5) is 17.0. The van der Waals surface area contributed by atoms with E-state index in [0.29, 0.717) is 23.8 Å². The summed E-state index contributed by atoms with van der Waals surface area (Å²) >= 11 is 0. The Morgan fingerprint density at radius 2 is 2.26 bits per heavy atom. The smallest absolute Gasteiger partial charge is 0.274 e. The second kappa shape index (κ2) is 7.01. The molecule has 2 aliphatic heterocycles. The highest BCUT2D eigenvalue weighted by Gasteiger charge is 2.29. The quantitative estimate of drug-likeness (QED) is 0.914. The lowest BCUT2D eigenvalue weighted by atomic mass is 9.97. The fraction of sp³-hybridized carbons (Fsp3) is 0.765. The highest BCUT2D eigenvalue weighted by molar-refractivity contribution is 5.92. The average Bonchev–Trinajstić information content (AvgIpc) is 3.07. The number of hydrogen-bond acceptors (Lipinski definition) is 4. The number of hydrogen-bond donors (Lipinski definition) is 1. The normalized spacial score (nSPS) is 29.4. The van der Waals surface area contributed by atoms with E-state index in [-0.39, 0.29) is 5.91 Å². The fourth-order valence-electron chi connectivity index (χ4n) is 3.68. The molecular formula is C17H29N5O. The molecule has 0 aromatic carbocycles. The first-order valence-electron chi connectivity index (χ1n) is 8.79. The van der Waals surface area contributed by atoms with Gasteiger partial charge in [0.25, 0.3) is 5.91 Å². The zero-order valence-corrected chi connectivity index (χ0v) is 14.5. The van der Waals surface area contributed by atoms with Gasteiger partial charge in [0.2, 0.25) is 0 Å². The number of amides is 1. The molecule has 1 amide bonds. The topological polar surface area (TPSA) is 53.4 Å². The van der Waals surface area contributed by atoms with Crippen LogP contribution < -0.4 is 5.32 Å². The third kappa shape index (κ3) is 3.58. The van der Waals surface area contributed by atoms with Gasteiger partial charge in [-0.2, -0.15) is 5.10 Å². The molecule has 0 radical (unpaired) electrons. The number of rotatable bonds is 3. The Balaban J connectivity index is 1.64. The van der Waals surface area contributed by atoms with Crippen molar-refractivity contribution in [2.75, 3.05) is 33.7 Å². The van der Waals surface area contributed by atoms with E-state index in [1.807, 2.05) is 28.9 Å². The largest absolute Gasteiger partial charge is 0.337 e. The van der Waals surface area contributed by atoms with Gasteiger partial charge in [0, 0.05) is 38.4 Å². The van der Waals surface area contributed by atoms with Crippen molar-refractivity contribution in [3.63, 3.8) is 0 Å². The van der Waals surface area contributed by atoms with Crippen molar-refractivity contribution in [3.8, 4) is 0 Å². The van der Waals surface area contributed by atoms with Crippen LogP contribution in [0, 0.1) is 0 Å². The summed E-state index contributed by atoms with van der Waals surface area (Å²) in [6, 6.07) is 3.08. The molecule has 0 saturated carbocycles. The van der Waals surface area contributed by atoms with Gasteiger partial charge < -0.3 is 15.1 Å². The van der Waals surface area contributed by atoms with E-state index in [1.165, 1.54) is 6.42 Å². The maximum atomic E-state index is 12.7. The molecule has 23 heavy (non-hydrogen) atoms. The average molecular weight is 319 g/mol. The molecule has 1 aromatic rings. The summed E-state index contributed by atoms with van der Waals surface area (Å²) in [6.07, 6.45) is 6.32. The van der Waals surface area contributed by atoms with Crippen molar-refractivity contribution in [1.82, 2.24) is 24.9 Å². The van der Waals surface area contributed by atoms with Gasteiger partial charge >= 0.3 is 0 Å². The molecular weight excluding hydrogens is 290 g/mol. The second-order valence-corrected chi connectivity index (χ2v) is 7.11. The summed E-state index contributed by atoms with van der Waals surface area (Å²) in [5.41, 5.74) is 0.574. The Morgan fingerprint density at radius 1 is 1.43 bits per heavy atom. The zero-order valence-electron chi connectivity index (χ0n) is 14.5. The molecule has 0 spiro atoms. The maximum Gasteiger partial charge on any atom is 0.274 e. The molecule has 0 bridgehead atoms. The lowest BCUT2D eigenvalue weighted by molar-refractivity contribution is 0.0592. The van der Waals surface area contributed by atoms with Crippen LogP contribution in [0.4, 0.5) is 0 Å². The van der Waals surface area contributed by atoms with E-state index >= 15 is 0 Å². The number of carbonyl (C=O) groups excluding carboxylic acids is 1. The minimum atomic E-state index is 0.0503. The number of aromatic nitrogens is 2.